The number of nitrogens with zero attached hydrogens (tertiary/aromatic N) is 1. The smallest absolute Gasteiger partial charge is 0.227 e. The Labute approximate surface area is 150 Å². The SMILES string of the molecule is COc1ccc(C(C)(C)C)cc1NC(=O)C1CCN(S(C)(=O)=O)CC1. The molecule has 6 nitrogen and oxygen atoms in total. The van der Waals surface area contributed by atoms with Crippen LogP contribution in [0.1, 0.15) is 39.2 Å². The van der Waals surface area contributed by atoms with Gasteiger partial charge in [-0.05, 0) is 36.0 Å². The number of sulfonamides is 1. The Morgan fingerprint density at radius 3 is 2.32 bits per heavy atom. The van der Waals surface area contributed by atoms with E-state index in [9.17, 15) is 13.2 Å². The number of rotatable bonds is 4. The fourth-order valence-electron chi connectivity index (χ4n) is 2.96. The minimum atomic E-state index is -3.18. The van der Waals surface area contributed by atoms with Gasteiger partial charge in [-0.2, -0.15) is 0 Å². The monoisotopic (exact) mass is 368 g/mol. The average molecular weight is 368 g/mol. The molecule has 0 radical (unpaired) electrons. The van der Waals surface area contributed by atoms with Crippen molar-refractivity contribution in [2.24, 2.45) is 5.92 Å². The van der Waals surface area contributed by atoms with E-state index in [0.717, 1.165) is 5.56 Å². The van der Waals surface area contributed by atoms with Gasteiger partial charge in [0.05, 0.1) is 19.1 Å². The second-order valence-corrected chi connectivity index (χ2v) is 9.57. The summed E-state index contributed by atoms with van der Waals surface area (Å²) in [6.07, 6.45) is 2.26. The topological polar surface area (TPSA) is 75.7 Å². The molecule has 0 aliphatic carbocycles. The van der Waals surface area contributed by atoms with E-state index in [1.165, 1.54) is 10.6 Å². The van der Waals surface area contributed by atoms with Crippen LogP contribution in [0.2, 0.25) is 0 Å². The van der Waals surface area contributed by atoms with Gasteiger partial charge in [-0.25, -0.2) is 12.7 Å². The number of carbonyl (C=O) groups excluding carboxylic acids is 1. The quantitative estimate of drug-likeness (QED) is 0.886. The van der Waals surface area contributed by atoms with Crippen LogP contribution < -0.4 is 10.1 Å². The number of hydrogen-bond acceptors (Lipinski definition) is 4. The first-order valence-corrected chi connectivity index (χ1v) is 10.3. The van der Waals surface area contributed by atoms with E-state index in [0.29, 0.717) is 37.4 Å². The highest BCUT2D eigenvalue weighted by molar-refractivity contribution is 7.88. The number of carbonyl (C=O) groups is 1. The van der Waals surface area contributed by atoms with Crippen molar-refractivity contribution in [3.8, 4) is 5.75 Å². The molecule has 1 heterocycles. The number of amides is 1. The van der Waals surface area contributed by atoms with Gasteiger partial charge in [0.25, 0.3) is 0 Å². The Hall–Kier alpha value is -1.60. The summed E-state index contributed by atoms with van der Waals surface area (Å²) in [6, 6.07) is 5.81. The van der Waals surface area contributed by atoms with E-state index < -0.39 is 10.0 Å². The molecule has 0 atom stereocenters. The molecule has 7 heteroatoms. The summed E-state index contributed by atoms with van der Waals surface area (Å²) >= 11 is 0. The van der Waals surface area contributed by atoms with E-state index in [-0.39, 0.29) is 17.2 Å². The van der Waals surface area contributed by atoms with Gasteiger partial charge in [-0.15, -0.1) is 0 Å². The lowest BCUT2D eigenvalue weighted by Crippen LogP contribution is -2.40. The molecule has 25 heavy (non-hydrogen) atoms. The van der Waals surface area contributed by atoms with Gasteiger partial charge in [0.15, 0.2) is 0 Å². The van der Waals surface area contributed by atoms with E-state index in [1.54, 1.807) is 7.11 Å². The molecule has 1 aromatic carbocycles. The fourth-order valence-corrected chi connectivity index (χ4v) is 3.83. The van der Waals surface area contributed by atoms with Crippen LogP contribution in [-0.4, -0.2) is 45.1 Å². The molecule has 1 amide bonds. The third kappa shape index (κ3) is 4.95. The molecule has 1 aliphatic heterocycles. The van der Waals surface area contributed by atoms with Crippen molar-refractivity contribution in [2.75, 3.05) is 31.8 Å². The normalized spacial score (nSPS) is 17.3. The molecule has 0 spiro atoms. The van der Waals surface area contributed by atoms with Crippen molar-refractivity contribution in [3.05, 3.63) is 23.8 Å². The fraction of sp³-hybridized carbons (Fsp3) is 0.611. The first kappa shape index (κ1) is 19.7. The number of nitrogens with one attached hydrogen (secondary N) is 1. The minimum absolute atomic E-state index is 0.0351. The maximum Gasteiger partial charge on any atom is 0.227 e. The number of benzene rings is 1. The molecule has 1 aliphatic rings. The highest BCUT2D eigenvalue weighted by Crippen LogP contribution is 2.32. The minimum Gasteiger partial charge on any atom is -0.495 e. The zero-order chi connectivity index (χ0) is 18.8. The Morgan fingerprint density at radius 1 is 1.24 bits per heavy atom. The van der Waals surface area contributed by atoms with Crippen LogP contribution in [0.25, 0.3) is 0 Å². The molecule has 2 rings (SSSR count). The van der Waals surface area contributed by atoms with Gasteiger partial charge >= 0.3 is 0 Å². The van der Waals surface area contributed by atoms with Crippen LogP contribution in [0.15, 0.2) is 18.2 Å². The van der Waals surface area contributed by atoms with Gasteiger partial charge in [-0.1, -0.05) is 26.8 Å². The van der Waals surface area contributed by atoms with E-state index in [1.807, 2.05) is 18.2 Å². The van der Waals surface area contributed by atoms with E-state index in [4.69, 9.17) is 4.74 Å². The van der Waals surface area contributed by atoms with Crippen molar-refractivity contribution in [1.29, 1.82) is 0 Å². The Balaban J connectivity index is 2.10. The van der Waals surface area contributed by atoms with Crippen molar-refractivity contribution < 1.29 is 17.9 Å². The largest absolute Gasteiger partial charge is 0.495 e. The summed E-state index contributed by atoms with van der Waals surface area (Å²) in [5.74, 6) is 0.341. The van der Waals surface area contributed by atoms with Gasteiger partial charge < -0.3 is 10.1 Å². The molecule has 140 valence electrons. The number of piperidine rings is 1. The highest BCUT2D eigenvalue weighted by Gasteiger charge is 2.29. The average Bonchev–Trinajstić information content (AvgIpc) is 2.53. The summed E-state index contributed by atoms with van der Waals surface area (Å²) in [7, 11) is -1.61. The summed E-state index contributed by atoms with van der Waals surface area (Å²) < 4.78 is 29.9. The third-order valence-corrected chi connectivity index (χ3v) is 5.92. The molecular weight excluding hydrogens is 340 g/mol. The van der Waals surface area contributed by atoms with Gasteiger partial charge in [0.2, 0.25) is 15.9 Å². The molecule has 0 aromatic heterocycles. The number of methoxy groups -OCH3 is 1. The first-order chi connectivity index (χ1) is 11.5. The van der Waals surface area contributed by atoms with Crippen molar-refractivity contribution in [2.45, 2.75) is 39.0 Å². The number of ether oxygens (including phenoxy) is 1. The maximum atomic E-state index is 12.6. The zero-order valence-corrected chi connectivity index (χ0v) is 16.4. The van der Waals surface area contributed by atoms with Gasteiger partial charge in [-0.3, -0.25) is 4.79 Å². The van der Waals surface area contributed by atoms with E-state index in [2.05, 4.69) is 26.1 Å². The van der Waals surface area contributed by atoms with Crippen molar-refractivity contribution in [3.63, 3.8) is 0 Å². The van der Waals surface area contributed by atoms with Crippen molar-refractivity contribution in [1.82, 2.24) is 4.31 Å². The molecule has 1 saturated heterocycles. The van der Waals surface area contributed by atoms with Crippen LogP contribution in [0, 0.1) is 5.92 Å². The summed E-state index contributed by atoms with van der Waals surface area (Å²) in [5, 5.41) is 2.97. The molecular formula is C18H28N2O4S. The molecule has 1 fully saturated rings. The third-order valence-electron chi connectivity index (χ3n) is 4.62. The molecule has 0 unspecified atom stereocenters. The van der Waals surface area contributed by atoms with Crippen LogP contribution in [-0.2, 0) is 20.2 Å². The Kier molecular flexibility index (Phi) is 5.79. The van der Waals surface area contributed by atoms with Crippen molar-refractivity contribution >= 4 is 21.6 Å². The molecule has 1 aromatic rings. The lowest BCUT2D eigenvalue weighted by molar-refractivity contribution is -0.120. The zero-order valence-electron chi connectivity index (χ0n) is 15.6. The predicted molar refractivity (Wildman–Crippen MR) is 99.5 cm³/mol. The second kappa shape index (κ2) is 7.33. The lowest BCUT2D eigenvalue weighted by atomic mass is 9.86. The standard InChI is InChI=1S/C18H28N2O4S/c1-18(2,3)14-6-7-16(24-4)15(12-14)19-17(21)13-8-10-20(11-9-13)25(5,22)23/h6-7,12-13H,8-11H2,1-5H3,(H,19,21). The van der Waals surface area contributed by atoms with Crippen LogP contribution in [0.3, 0.4) is 0 Å². The summed E-state index contributed by atoms with van der Waals surface area (Å²) in [6.45, 7) is 7.11. The molecule has 0 saturated carbocycles. The van der Waals surface area contributed by atoms with E-state index >= 15 is 0 Å². The number of anilines is 1. The maximum absolute atomic E-state index is 12.6. The summed E-state index contributed by atoms with van der Waals surface area (Å²) in [5.41, 5.74) is 1.73. The second-order valence-electron chi connectivity index (χ2n) is 7.59. The number of hydrogen-bond donors (Lipinski definition) is 1. The van der Waals surface area contributed by atoms with Crippen LogP contribution in [0.4, 0.5) is 5.69 Å². The molecule has 1 N–H and O–H groups in total. The van der Waals surface area contributed by atoms with Gasteiger partial charge in [0.1, 0.15) is 5.75 Å². The van der Waals surface area contributed by atoms with Crippen LogP contribution in [0.5, 0.6) is 5.75 Å². The predicted octanol–water partition coefficient (Wildman–Crippen LogP) is 2.60. The van der Waals surface area contributed by atoms with Gasteiger partial charge in [0, 0.05) is 19.0 Å². The summed E-state index contributed by atoms with van der Waals surface area (Å²) in [4.78, 5) is 12.6. The Bertz CT molecular complexity index is 730. The lowest BCUT2D eigenvalue weighted by Gasteiger charge is -2.29. The highest BCUT2D eigenvalue weighted by atomic mass is 32.2. The first-order valence-electron chi connectivity index (χ1n) is 8.47. The Morgan fingerprint density at radius 2 is 1.84 bits per heavy atom. The molecule has 0 bridgehead atoms. The van der Waals surface area contributed by atoms with Crippen LogP contribution >= 0.6 is 0 Å².